The van der Waals surface area contributed by atoms with E-state index < -0.39 is 11.7 Å². The third-order valence-corrected chi connectivity index (χ3v) is 3.94. The number of hydrogen-bond donors (Lipinski definition) is 2. The molecule has 0 aliphatic rings. The summed E-state index contributed by atoms with van der Waals surface area (Å²) in [4.78, 5) is 26.7. The first-order chi connectivity index (χ1) is 11.0. The van der Waals surface area contributed by atoms with E-state index in [9.17, 15) is 14.0 Å². The van der Waals surface area contributed by atoms with Gasteiger partial charge in [0, 0.05) is 22.0 Å². The molecule has 23 heavy (non-hydrogen) atoms. The fraction of sp³-hybridized carbons (Fsp3) is 0.0588. The Hall–Kier alpha value is -2.47. The summed E-state index contributed by atoms with van der Waals surface area (Å²) in [7, 11) is 0. The Labute approximate surface area is 139 Å². The zero-order chi connectivity index (χ0) is 16.4. The fourth-order valence-corrected chi connectivity index (χ4v) is 2.69. The van der Waals surface area contributed by atoms with Gasteiger partial charge in [0.1, 0.15) is 11.5 Å². The lowest BCUT2D eigenvalue weighted by Gasteiger charge is -2.07. The molecule has 2 N–H and O–H groups in total. The number of benzene rings is 2. The zero-order valence-corrected chi connectivity index (χ0v) is 13.5. The highest BCUT2D eigenvalue weighted by Crippen LogP contribution is 2.15. The summed E-state index contributed by atoms with van der Waals surface area (Å²) in [5.41, 5.74) is 0.168. The van der Waals surface area contributed by atoms with Gasteiger partial charge in [0.05, 0.1) is 0 Å². The number of amides is 1. The molecule has 0 spiro atoms. The lowest BCUT2D eigenvalue weighted by Crippen LogP contribution is -2.26. The van der Waals surface area contributed by atoms with Gasteiger partial charge in [0.25, 0.3) is 11.5 Å². The summed E-state index contributed by atoms with van der Waals surface area (Å²) < 4.78 is 14.4. The van der Waals surface area contributed by atoms with E-state index in [0.29, 0.717) is 16.3 Å². The molecule has 0 saturated heterocycles. The Morgan fingerprint density at radius 2 is 1.96 bits per heavy atom. The smallest absolute Gasteiger partial charge is 0.268 e. The number of aromatic amines is 1. The molecule has 1 aromatic heterocycles. The van der Waals surface area contributed by atoms with Crippen molar-refractivity contribution in [1.29, 1.82) is 0 Å². The minimum absolute atomic E-state index is 0.0267. The van der Waals surface area contributed by atoms with Crippen molar-refractivity contribution in [3.05, 3.63) is 80.4 Å². The summed E-state index contributed by atoms with van der Waals surface area (Å²) in [6.07, 6.45) is 0. The second-order valence-electron chi connectivity index (χ2n) is 5.02. The minimum Gasteiger partial charge on any atom is -0.347 e. The Morgan fingerprint density at radius 3 is 2.78 bits per heavy atom. The molecule has 3 rings (SSSR count). The summed E-state index contributed by atoms with van der Waals surface area (Å²) >= 11 is 3.26. The van der Waals surface area contributed by atoms with Gasteiger partial charge in [-0.25, -0.2) is 4.39 Å². The zero-order valence-electron chi connectivity index (χ0n) is 11.9. The minimum atomic E-state index is -0.466. The Balaban J connectivity index is 1.83. The van der Waals surface area contributed by atoms with E-state index in [-0.39, 0.29) is 17.8 Å². The largest absolute Gasteiger partial charge is 0.347 e. The number of rotatable bonds is 3. The maximum Gasteiger partial charge on any atom is 0.268 e. The highest BCUT2D eigenvalue weighted by atomic mass is 79.9. The van der Waals surface area contributed by atoms with E-state index in [2.05, 4.69) is 26.2 Å². The number of hydrogen-bond acceptors (Lipinski definition) is 2. The quantitative estimate of drug-likeness (QED) is 0.738. The number of H-pyrrole nitrogens is 1. The molecule has 116 valence electrons. The molecule has 0 atom stereocenters. The Bertz CT molecular complexity index is 953. The number of fused-ring (bicyclic) bond motifs is 1. The van der Waals surface area contributed by atoms with Crippen molar-refractivity contribution in [3.63, 3.8) is 0 Å². The molecule has 1 heterocycles. The molecule has 3 aromatic rings. The number of pyridine rings is 1. The predicted molar refractivity (Wildman–Crippen MR) is 89.8 cm³/mol. The maximum absolute atomic E-state index is 13.7. The molecule has 2 aromatic carbocycles. The van der Waals surface area contributed by atoms with Crippen molar-refractivity contribution in [2.45, 2.75) is 6.54 Å². The lowest BCUT2D eigenvalue weighted by atomic mass is 10.1. The molecule has 0 saturated carbocycles. The predicted octanol–water partition coefficient (Wildman–Crippen LogP) is 3.36. The first kappa shape index (κ1) is 15.4. The van der Waals surface area contributed by atoms with Crippen molar-refractivity contribution in [3.8, 4) is 0 Å². The highest BCUT2D eigenvalue weighted by Gasteiger charge is 2.10. The van der Waals surface area contributed by atoms with Crippen LogP contribution in [0.5, 0.6) is 0 Å². The van der Waals surface area contributed by atoms with E-state index in [0.717, 1.165) is 4.47 Å². The summed E-state index contributed by atoms with van der Waals surface area (Å²) in [6, 6.07) is 13.1. The molecule has 0 bridgehead atoms. The van der Waals surface area contributed by atoms with Crippen molar-refractivity contribution in [2.75, 3.05) is 0 Å². The molecule has 6 heteroatoms. The summed E-state index contributed by atoms with van der Waals surface area (Å²) in [5.74, 6) is -0.868. The molecular formula is C17H12BrFN2O2. The van der Waals surface area contributed by atoms with Crippen LogP contribution in [-0.2, 0) is 6.54 Å². The monoisotopic (exact) mass is 374 g/mol. The van der Waals surface area contributed by atoms with E-state index in [1.807, 2.05) is 0 Å². The average molecular weight is 375 g/mol. The number of nitrogens with one attached hydrogen (secondary N) is 2. The Morgan fingerprint density at radius 1 is 1.17 bits per heavy atom. The topological polar surface area (TPSA) is 62.0 Å². The van der Waals surface area contributed by atoms with Crippen LogP contribution in [-0.4, -0.2) is 10.9 Å². The lowest BCUT2D eigenvalue weighted by molar-refractivity contribution is 0.0945. The Kier molecular flexibility index (Phi) is 4.25. The van der Waals surface area contributed by atoms with Gasteiger partial charge < -0.3 is 10.3 Å². The molecule has 0 aliphatic carbocycles. The van der Waals surface area contributed by atoms with Gasteiger partial charge >= 0.3 is 0 Å². The van der Waals surface area contributed by atoms with Crippen LogP contribution in [0.1, 0.15) is 16.1 Å². The second kappa shape index (κ2) is 6.34. The number of carbonyl (C=O) groups is 1. The number of carbonyl (C=O) groups excluding carboxylic acids is 1. The molecule has 1 amide bonds. The van der Waals surface area contributed by atoms with Crippen LogP contribution < -0.4 is 10.9 Å². The van der Waals surface area contributed by atoms with Crippen molar-refractivity contribution in [2.24, 2.45) is 0 Å². The number of aromatic nitrogens is 1. The molecular weight excluding hydrogens is 363 g/mol. The van der Waals surface area contributed by atoms with E-state index in [4.69, 9.17) is 0 Å². The van der Waals surface area contributed by atoms with Gasteiger partial charge in [-0.1, -0.05) is 34.1 Å². The van der Waals surface area contributed by atoms with E-state index in [1.165, 1.54) is 6.07 Å². The molecule has 4 nitrogen and oxygen atoms in total. The van der Waals surface area contributed by atoms with Crippen LogP contribution in [0.15, 0.2) is 57.8 Å². The SMILES string of the molecule is O=C(NCc1cc(Br)ccc1F)c1cc2ccccc2c(=O)[nH]1. The first-order valence-corrected chi connectivity index (χ1v) is 7.68. The molecule has 0 radical (unpaired) electrons. The van der Waals surface area contributed by atoms with Gasteiger partial charge in [-0.2, -0.15) is 0 Å². The highest BCUT2D eigenvalue weighted by molar-refractivity contribution is 9.10. The van der Waals surface area contributed by atoms with Crippen LogP contribution in [0.25, 0.3) is 10.8 Å². The molecule has 0 aliphatic heterocycles. The van der Waals surface area contributed by atoms with Crippen LogP contribution in [0.4, 0.5) is 4.39 Å². The summed E-state index contributed by atoms with van der Waals surface area (Å²) in [6.45, 7) is 0.0267. The van der Waals surface area contributed by atoms with Gasteiger partial charge in [-0.05, 0) is 35.7 Å². The third kappa shape index (κ3) is 3.32. The van der Waals surface area contributed by atoms with Crippen molar-refractivity contribution >= 4 is 32.6 Å². The van der Waals surface area contributed by atoms with Crippen LogP contribution >= 0.6 is 15.9 Å². The van der Waals surface area contributed by atoms with Crippen molar-refractivity contribution < 1.29 is 9.18 Å². The van der Waals surface area contributed by atoms with E-state index >= 15 is 0 Å². The van der Waals surface area contributed by atoms with Gasteiger partial charge in [0.15, 0.2) is 0 Å². The van der Waals surface area contributed by atoms with Crippen LogP contribution in [0.3, 0.4) is 0 Å². The second-order valence-corrected chi connectivity index (χ2v) is 5.93. The molecule has 0 unspecified atom stereocenters. The maximum atomic E-state index is 13.7. The van der Waals surface area contributed by atoms with Gasteiger partial charge in [-0.3, -0.25) is 9.59 Å². The number of halogens is 2. The van der Waals surface area contributed by atoms with Crippen molar-refractivity contribution in [1.82, 2.24) is 10.3 Å². The van der Waals surface area contributed by atoms with Crippen LogP contribution in [0.2, 0.25) is 0 Å². The fourth-order valence-electron chi connectivity index (χ4n) is 2.28. The van der Waals surface area contributed by atoms with Gasteiger partial charge in [-0.15, -0.1) is 0 Å². The van der Waals surface area contributed by atoms with Crippen LogP contribution in [0, 0.1) is 5.82 Å². The third-order valence-electron chi connectivity index (χ3n) is 3.45. The summed E-state index contributed by atoms with van der Waals surface area (Å²) in [5, 5.41) is 3.80. The normalized spacial score (nSPS) is 10.7. The first-order valence-electron chi connectivity index (χ1n) is 6.89. The van der Waals surface area contributed by atoms with Gasteiger partial charge in [0.2, 0.25) is 0 Å². The standard InChI is InChI=1S/C17H12BrFN2O2/c18-12-5-6-14(19)11(7-12)9-20-17(23)15-8-10-3-1-2-4-13(10)16(22)21-15/h1-8H,9H2,(H,20,23)(H,21,22). The van der Waals surface area contributed by atoms with E-state index in [1.54, 1.807) is 42.5 Å². The molecule has 0 fully saturated rings. The average Bonchev–Trinajstić information content (AvgIpc) is 2.55.